The van der Waals surface area contributed by atoms with E-state index in [1.807, 2.05) is 24.4 Å². The van der Waals surface area contributed by atoms with E-state index in [0.29, 0.717) is 35.7 Å². The van der Waals surface area contributed by atoms with Crippen LogP contribution in [0.1, 0.15) is 34.7 Å². The zero-order valence-electron chi connectivity index (χ0n) is 20.7. The number of hydrogen-bond acceptors (Lipinski definition) is 4. The number of carboxylic acid groups (broad SMARTS) is 1. The number of ether oxygens (including phenoxy) is 2. The van der Waals surface area contributed by atoms with E-state index in [4.69, 9.17) is 26.2 Å². The minimum atomic E-state index is -1.12. The molecule has 1 amide bonds. The number of aliphatic carboxylic acids is 1. The summed E-state index contributed by atoms with van der Waals surface area (Å²) < 4.78 is 25.0. The highest BCUT2D eigenvalue weighted by Crippen LogP contribution is 2.41. The molecule has 7 nitrogen and oxygen atoms in total. The number of H-pyrrole nitrogens is 1. The van der Waals surface area contributed by atoms with Crippen molar-refractivity contribution in [3.8, 4) is 11.5 Å². The van der Waals surface area contributed by atoms with Gasteiger partial charge >= 0.3 is 5.97 Å². The average Bonchev–Trinajstić information content (AvgIpc) is 3.32. The number of rotatable bonds is 8. The molecule has 0 aliphatic carbocycles. The summed E-state index contributed by atoms with van der Waals surface area (Å²) in [4.78, 5) is 29.9. The van der Waals surface area contributed by atoms with Crippen LogP contribution in [0, 0.1) is 5.82 Å². The van der Waals surface area contributed by atoms with Gasteiger partial charge in [0.15, 0.2) is 6.61 Å². The number of nitrogens with one attached hydrogen (secondary N) is 1. The summed E-state index contributed by atoms with van der Waals surface area (Å²) in [6, 6.07) is 14.5. The fourth-order valence-electron chi connectivity index (χ4n) is 5.08. The van der Waals surface area contributed by atoms with Gasteiger partial charge in [0.05, 0.1) is 13.2 Å². The molecule has 5 rings (SSSR count). The number of fused-ring (bicyclic) bond motifs is 2. The molecule has 9 heteroatoms. The molecule has 1 unspecified atom stereocenters. The zero-order chi connectivity index (χ0) is 26.8. The Morgan fingerprint density at radius 3 is 2.76 bits per heavy atom. The lowest BCUT2D eigenvalue weighted by Crippen LogP contribution is -2.41. The lowest BCUT2D eigenvalue weighted by molar-refractivity contribution is -0.139. The third-order valence-electron chi connectivity index (χ3n) is 6.85. The first-order valence-corrected chi connectivity index (χ1v) is 12.6. The minimum Gasteiger partial charge on any atom is -0.497 e. The maximum atomic E-state index is 14.1. The van der Waals surface area contributed by atoms with Crippen molar-refractivity contribution in [1.82, 2.24) is 9.88 Å². The van der Waals surface area contributed by atoms with Gasteiger partial charge in [-0.2, -0.15) is 0 Å². The quantitative estimate of drug-likeness (QED) is 0.308. The lowest BCUT2D eigenvalue weighted by Gasteiger charge is -2.38. The van der Waals surface area contributed by atoms with E-state index in [2.05, 4.69) is 4.98 Å². The molecule has 4 aromatic rings. The summed E-state index contributed by atoms with van der Waals surface area (Å²) in [6.45, 7) is -0.178. The maximum Gasteiger partial charge on any atom is 0.341 e. The van der Waals surface area contributed by atoms with Crippen LogP contribution in [-0.2, 0) is 22.4 Å². The molecule has 0 radical (unpaired) electrons. The fraction of sp³-hybridized carbons (Fsp3) is 0.241. The van der Waals surface area contributed by atoms with Crippen LogP contribution in [0.4, 0.5) is 4.39 Å². The molecule has 2 heterocycles. The van der Waals surface area contributed by atoms with Gasteiger partial charge in [0.25, 0.3) is 0 Å². The summed E-state index contributed by atoms with van der Waals surface area (Å²) in [5.41, 5.74) is 4.05. The highest BCUT2D eigenvalue weighted by atomic mass is 35.5. The van der Waals surface area contributed by atoms with Gasteiger partial charge in [0, 0.05) is 40.7 Å². The smallest absolute Gasteiger partial charge is 0.341 e. The number of halogens is 2. The van der Waals surface area contributed by atoms with Crippen molar-refractivity contribution in [3.63, 3.8) is 0 Å². The molecule has 0 saturated carbocycles. The molecule has 0 saturated heterocycles. The summed E-state index contributed by atoms with van der Waals surface area (Å²) in [6.07, 6.45) is 3.13. The van der Waals surface area contributed by atoms with Crippen LogP contribution < -0.4 is 9.47 Å². The first kappa shape index (κ1) is 25.6. The van der Waals surface area contributed by atoms with Crippen LogP contribution in [0.25, 0.3) is 10.9 Å². The molecule has 1 atom stereocenters. The van der Waals surface area contributed by atoms with Crippen LogP contribution in [0.5, 0.6) is 11.5 Å². The number of nitrogens with zero attached hydrogens (tertiary/aromatic N) is 1. The molecule has 196 valence electrons. The minimum absolute atomic E-state index is 0.0913. The highest BCUT2D eigenvalue weighted by molar-refractivity contribution is 6.30. The number of aryl methyl sites for hydroxylation is 1. The van der Waals surface area contributed by atoms with Gasteiger partial charge in [0.2, 0.25) is 5.91 Å². The van der Waals surface area contributed by atoms with Gasteiger partial charge in [0.1, 0.15) is 17.3 Å². The van der Waals surface area contributed by atoms with Crippen LogP contribution in [0.2, 0.25) is 5.02 Å². The van der Waals surface area contributed by atoms with Crippen molar-refractivity contribution >= 4 is 34.4 Å². The Kier molecular flexibility index (Phi) is 7.24. The summed E-state index contributed by atoms with van der Waals surface area (Å²) in [5, 5.41) is 10.6. The predicted octanol–water partition coefficient (Wildman–Crippen LogP) is 5.54. The second kappa shape index (κ2) is 10.8. The Morgan fingerprint density at radius 2 is 1.97 bits per heavy atom. The van der Waals surface area contributed by atoms with Gasteiger partial charge in [-0.25, -0.2) is 9.18 Å². The van der Waals surface area contributed by atoms with Crippen molar-refractivity contribution in [3.05, 3.63) is 93.9 Å². The topological polar surface area (TPSA) is 91.9 Å². The first-order valence-electron chi connectivity index (χ1n) is 12.2. The standard InChI is InChI=1S/C29H26ClFN2O5/c1-37-21-5-7-25-23(14-21)18(15-32-25)2-9-27(34)33-11-10-17-12-20(31)4-6-22(17)29(33)24-13-19(30)3-8-26(24)38-16-28(35)36/h3-8,12-15,29,32H,2,9-11,16H2,1H3,(H,35,36). The molecule has 1 aliphatic rings. The number of benzene rings is 3. The van der Waals surface area contributed by atoms with Crippen molar-refractivity contribution in [2.75, 3.05) is 20.3 Å². The monoisotopic (exact) mass is 536 g/mol. The van der Waals surface area contributed by atoms with Crippen LogP contribution in [-0.4, -0.2) is 47.1 Å². The number of carbonyl (C=O) groups is 2. The summed E-state index contributed by atoms with van der Waals surface area (Å²) in [5.74, 6) is -0.530. The Balaban J connectivity index is 1.48. The number of carbonyl (C=O) groups excluding carboxylic acids is 1. The fourth-order valence-corrected chi connectivity index (χ4v) is 5.26. The Hall–Kier alpha value is -4.04. The molecule has 1 aliphatic heterocycles. The van der Waals surface area contributed by atoms with Crippen LogP contribution >= 0.6 is 11.6 Å². The van der Waals surface area contributed by atoms with E-state index in [1.165, 1.54) is 12.1 Å². The third kappa shape index (κ3) is 5.17. The second-order valence-electron chi connectivity index (χ2n) is 9.17. The Bertz CT molecular complexity index is 1520. The van der Waals surface area contributed by atoms with Gasteiger partial charge in [-0.1, -0.05) is 17.7 Å². The van der Waals surface area contributed by atoms with E-state index in [0.717, 1.165) is 33.3 Å². The number of carboxylic acids is 1. The van der Waals surface area contributed by atoms with Crippen molar-refractivity contribution in [1.29, 1.82) is 0 Å². The van der Waals surface area contributed by atoms with E-state index >= 15 is 0 Å². The van der Waals surface area contributed by atoms with Gasteiger partial charge in [-0.15, -0.1) is 0 Å². The number of hydrogen-bond donors (Lipinski definition) is 2. The van der Waals surface area contributed by atoms with E-state index in [9.17, 15) is 14.0 Å². The number of methoxy groups -OCH3 is 1. The van der Waals surface area contributed by atoms with Gasteiger partial charge in [-0.05, 0) is 78.1 Å². The average molecular weight is 537 g/mol. The van der Waals surface area contributed by atoms with E-state index in [-0.39, 0.29) is 18.1 Å². The van der Waals surface area contributed by atoms with Crippen molar-refractivity contribution in [2.24, 2.45) is 0 Å². The SMILES string of the molecule is COc1ccc2[nH]cc(CCC(=O)N3CCc4cc(F)ccc4C3c3cc(Cl)ccc3OCC(=O)O)c2c1. The number of amides is 1. The van der Waals surface area contributed by atoms with E-state index in [1.54, 1.807) is 36.3 Å². The maximum absolute atomic E-state index is 14.1. The van der Waals surface area contributed by atoms with Crippen LogP contribution in [0.15, 0.2) is 60.8 Å². The number of aromatic amines is 1. The Labute approximate surface area is 223 Å². The molecule has 0 spiro atoms. The van der Waals surface area contributed by atoms with Crippen molar-refractivity contribution in [2.45, 2.75) is 25.3 Å². The zero-order valence-corrected chi connectivity index (χ0v) is 21.4. The molecule has 3 aromatic carbocycles. The molecule has 1 aromatic heterocycles. The summed E-state index contributed by atoms with van der Waals surface area (Å²) >= 11 is 6.34. The lowest BCUT2D eigenvalue weighted by atomic mass is 9.87. The molecular formula is C29H26ClFN2O5. The van der Waals surface area contributed by atoms with E-state index < -0.39 is 18.6 Å². The predicted molar refractivity (Wildman–Crippen MR) is 141 cm³/mol. The molecular weight excluding hydrogens is 511 g/mol. The molecule has 0 bridgehead atoms. The normalized spacial score (nSPS) is 14.8. The first-order chi connectivity index (χ1) is 18.3. The van der Waals surface area contributed by atoms with Gasteiger partial charge < -0.3 is 24.5 Å². The van der Waals surface area contributed by atoms with Crippen molar-refractivity contribution < 1.29 is 28.6 Å². The van der Waals surface area contributed by atoms with Crippen LogP contribution in [0.3, 0.4) is 0 Å². The largest absolute Gasteiger partial charge is 0.497 e. The molecule has 2 N–H and O–H groups in total. The number of aromatic nitrogens is 1. The van der Waals surface area contributed by atoms with Gasteiger partial charge in [-0.3, -0.25) is 4.79 Å². The molecule has 38 heavy (non-hydrogen) atoms. The highest BCUT2D eigenvalue weighted by Gasteiger charge is 2.34. The third-order valence-corrected chi connectivity index (χ3v) is 7.09. The Morgan fingerprint density at radius 1 is 1.13 bits per heavy atom. The molecule has 0 fully saturated rings. The summed E-state index contributed by atoms with van der Waals surface area (Å²) in [7, 11) is 1.61. The second-order valence-corrected chi connectivity index (χ2v) is 9.61.